The van der Waals surface area contributed by atoms with Crippen LogP contribution in [0.4, 0.5) is 0 Å². The van der Waals surface area contributed by atoms with Crippen molar-refractivity contribution >= 4 is 46.2 Å². The number of carbonyl (C=O) groups is 2. The molecule has 7 heteroatoms. The zero-order chi connectivity index (χ0) is 19.1. The molecule has 2 aromatic rings. The van der Waals surface area contributed by atoms with Crippen molar-refractivity contribution in [2.24, 2.45) is 0 Å². The first-order valence-corrected chi connectivity index (χ1v) is 8.39. The zero-order valence-corrected chi connectivity index (χ0v) is 15.3. The van der Waals surface area contributed by atoms with Crippen LogP contribution < -0.4 is 0 Å². The van der Waals surface area contributed by atoms with Gasteiger partial charge in [0.25, 0.3) is 5.78 Å². The summed E-state index contributed by atoms with van der Waals surface area (Å²) in [4.78, 5) is 27.0. The van der Waals surface area contributed by atoms with Gasteiger partial charge >= 0.3 is 11.7 Å². The van der Waals surface area contributed by atoms with Crippen molar-refractivity contribution in [3.63, 3.8) is 0 Å². The van der Waals surface area contributed by atoms with Crippen molar-refractivity contribution in [3.8, 4) is 0 Å². The molecule has 0 heterocycles. The van der Waals surface area contributed by atoms with E-state index in [1.807, 2.05) is 0 Å². The fraction of sp³-hybridized carbons (Fsp3) is 0.105. The van der Waals surface area contributed by atoms with Crippen molar-refractivity contribution in [2.45, 2.75) is 6.92 Å². The SMILES string of the molecule is CCOC(=O)C(=[N+]=[N-])C(=O)C=C(c1ccc(Cl)cc1)c1ccc(Cl)cc1. The number of esters is 1. The summed E-state index contributed by atoms with van der Waals surface area (Å²) in [6.07, 6.45) is 1.21. The van der Waals surface area contributed by atoms with E-state index < -0.39 is 17.5 Å². The molecule has 0 saturated heterocycles. The van der Waals surface area contributed by atoms with Crippen LogP contribution in [-0.4, -0.2) is 28.9 Å². The van der Waals surface area contributed by atoms with Crippen LogP contribution in [0.25, 0.3) is 11.1 Å². The summed E-state index contributed by atoms with van der Waals surface area (Å²) in [6, 6.07) is 13.6. The molecule has 132 valence electrons. The van der Waals surface area contributed by atoms with Crippen LogP contribution in [0, 0.1) is 0 Å². The molecular formula is C19H14Cl2N2O3. The predicted octanol–water partition coefficient (Wildman–Crippen LogP) is 4.23. The molecule has 0 spiro atoms. The molecule has 0 unspecified atom stereocenters. The first-order valence-electron chi connectivity index (χ1n) is 7.63. The predicted molar refractivity (Wildman–Crippen MR) is 100 cm³/mol. The van der Waals surface area contributed by atoms with Gasteiger partial charge in [0.05, 0.1) is 6.61 Å². The largest absolute Gasteiger partial charge is 0.457 e. The lowest BCUT2D eigenvalue weighted by atomic mass is 9.96. The molecule has 0 radical (unpaired) electrons. The molecule has 0 fully saturated rings. The quantitative estimate of drug-likeness (QED) is 0.185. The number of halogens is 2. The average molecular weight is 389 g/mol. The summed E-state index contributed by atoms with van der Waals surface area (Å²) >= 11 is 11.8. The van der Waals surface area contributed by atoms with Gasteiger partial charge in [-0.25, -0.2) is 4.79 Å². The van der Waals surface area contributed by atoms with E-state index >= 15 is 0 Å². The number of carbonyl (C=O) groups excluding carboxylic acids is 2. The van der Waals surface area contributed by atoms with Crippen LogP contribution in [0.5, 0.6) is 0 Å². The Labute approximate surface area is 160 Å². The molecule has 26 heavy (non-hydrogen) atoms. The van der Waals surface area contributed by atoms with E-state index in [-0.39, 0.29) is 6.61 Å². The highest BCUT2D eigenvalue weighted by molar-refractivity contribution is 6.65. The third kappa shape index (κ3) is 4.90. The number of hydrogen-bond donors (Lipinski definition) is 0. The van der Waals surface area contributed by atoms with Crippen LogP contribution in [0.3, 0.4) is 0 Å². The van der Waals surface area contributed by atoms with Gasteiger partial charge in [0, 0.05) is 16.1 Å². The molecule has 2 aromatic carbocycles. The molecule has 0 aliphatic heterocycles. The number of benzene rings is 2. The Hall–Kier alpha value is -2.72. The summed E-state index contributed by atoms with van der Waals surface area (Å²) in [7, 11) is 0. The smallest absolute Gasteiger partial charge is 0.445 e. The second-order valence-corrected chi connectivity index (χ2v) is 5.98. The fourth-order valence-electron chi connectivity index (χ4n) is 2.18. The number of ketones is 1. The molecule has 5 nitrogen and oxygen atoms in total. The van der Waals surface area contributed by atoms with Crippen LogP contribution in [0.1, 0.15) is 18.1 Å². The highest BCUT2D eigenvalue weighted by Crippen LogP contribution is 2.26. The number of rotatable bonds is 6. The fourth-order valence-corrected chi connectivity index (χ4v) is 2.43. The van der Waals surface area contributed by atoms with Gasteiger partial charge in [-0.05, 0) is 47.9 Å². The molecule has 2 rings (SSSR count). The lowest BCUT2D eigenvalue weighted by Crippen LogP contribution is -2.26. The van der Waals surface area contributed by atoms with E-state index in [4.69, 9.17) is 33.5 Å². The monoisotopic (exact) mass is 388 g/mol. The molecule has 0 aromatic heterocycles. The van der Waals surface area contributed by atoms with Crippen LogP contribution in [-0.2, 0) is 14.3 Å². The highest BCUT2D eigenvalue weighted by Gasteiger charge is 2.30. The molecular weight excluding hydrogens is 375 g/mol. The van der Waals surface area contributed by atoms with E-state index in [0.717, 1.165) is 0 Å². The molecule has 0 amide bonds. The molecule has 0 atom stereocenters. The van der Waals surface area contributed by atoms with Crippen molar-refractivity contribution < 1.29 is 19.1 Å². The summed E-state index contributed by atoms with van der Waals surface area (Å²) < 4.78 is 4.73. The van der Waals surface area contributed by atoms with Gasteiger partial charge in [-0.2, -0.15) is 4.79 Å². The van der Waals surface area contributed by atoms with Crippen molar-refractivity contribution in [3.05, 3.63) is 81.3 Å². The lowest BCUT2D eigenvalue weighted by molar-refractivity contribution is -0.141. The van der Waals surface area contributed by atoms with Crippen molar-refractivity contribution in [1.29, 1.82) is 0 Å². The summed E-state index contributed by atoms with van der Waals surface area (Å²) in [6.45, 7) is 1.64. The third-order valence-corrected chi connectivity index (χ3v) is 3.89. The maximum absolute atomic E-state index is 12.5. The second-order valence-electron chi connectivity index (χ2n) is 5.11. The second kappa shape index (κ2) is 9.11. The van der Waals surface area contributed by atoms with Gasteiger partial charge in [-0.1, -0.05) is 47.5 Å². The minimum Gasteiger partial charge on any atom is -0.457 e. The lowest BCUT2D eigenvalue weighted by Gasteiger charge is -2.08. The minimum absolute atomic E-state index is 0.0517. The average Bonchev–Trinajstić information content (AvgIpc) is 2.62. The number of ether oxygens (including phenoxy) is 1. The Morgan fingerprint density at radius 1 is 1.00 bits per heavy atom. The van der Waals surface area contributed by atoms with E-state index in [2.05, 4.69) is 4.79 Å². The van der Waals surface area contributed by atoms with Gasteiger partial charge in [-0.3, -0.25) is 4.79 Å². The Balaban J connectivity index is 2.52. The van der Waals surface area contributed by atoms with Gasteiger partial charge in [-0.15, -0.1) is 0 Å². The number of nitrogens with zero attached hydrogens (tertiary/aromatic N) is 2. The van der Waals surface area contributed by atoms with Crippen LogP contribution in [0.2, 0.25) is 10.0 Å². The molecule has 0 N–H and O–H groups in total. The van der Waals surface area contributed by atoms with Crippen molar-refractivity contribution in [1.82, 2.24) is 0 Å². The Morgan fingerprint density at radius 2 is 1.46 bits per heavy atom. The standard InChI is InChI=1S/C19H14Cl2N2O3/c1-2-26-19(25)18(23-22)17(24)11-16(12-3-7-14(20)8-4-12)13-5-9-15(21)10-6-13/h3-11H,2H2,1H3. The molecule has 0 aliphatic carbocycles. The molecule has 0 bridgehead atoms. The van der Waals surface area contributed by atoms with E-state index in [1.165, 1.54) is 6.08 Å². The van der Waals surface area contributed by atoms with E-state index in [9.17, 15) is 9.59 Å². The first-order chi connectivity index (χ1) is 12.5. The van der Waals surface area contributed by atoms with Crippen LogP contribution >= 0.6 is 23.2 Å². The number of allylic oxidation sites excluding steroid dienone is 1. The van der Waals surface area contributed by atoms with E-state index in [1.54, 1.807) is 55.5 Å². The topological polar surface area (TPSA) is 79.8 Å². The van der Waals surface area contributed by atoms with Gasteiger partial charge in [0.1, 0.15) is 0 Å². The Morgan fingerprint density at radius 3 is 1.85 bits per heavy atom. The minimum atomic E-state index is -0.997. The van der Waals surface area contributed by atoms with E-state index in [0.29, 0.717) is 26.7 Å². The maximum atomic E-state index is 12.5. The summed E-state index contributed by atoms with van der Waals surface area (Å²) in [5.41, 5.74) is 10.2. The van der Waals surface area contributed by atoms with Crippen LogP contribution in [0.15, 0.2) is 54.6 Å². The zero-order valence-electron chi connectivity index (χ0n) is 13.8. The molecule has 0 saturated carbocycles. The number of hydrogen-bond acceptors (Lipinski definition) is 3. The normalized spacial score (nSPS) is 9.81. The Kier molecular flexibility index (Phi) is 6.87. The Bertz CT molecular complexity index is 850. The van der Waals surface area contributed by atoms with Gasteiger partial charge < -0.3 is 10.3 Å². The maximum Gasteiger partial charge on any atom is 0.445 e. The summed E-state index contributed by atoms with van der Waals surface area (Å²) in [5.74, 6) is -1.78. The van der Waals surface area contributed by atoms with Gasteiger partial charge in [0.15, 0.2) is 0 Å². The third-order valence-electron chi connectivity index (χ3n) is 3.39. The van der Waals surface area contributed by atoms with Gasteiger partial charge in [0.2, 0.25) is 0 Å². The molecule has 0 aliphatic rings. The highest BCUT2D eigenvalue weighted by atomic mass is 35.5. The summed E-state index contributed by atoms with van der Waals surface area (Å²) in [5, 5.41) is 1.08. The van der Waals surface area contributed by atoms with Crippen molar-refractivity contribution in [2.75, 3.05) is 6.61 Å². The first kappa shape index (κ1) is 19.6.